The standard InChI is InChI=1S/C21H35N5O/c1-22-21(23-15-18-9-7-11-25(18)2)24-16-20(26-12-4-5-13-26)17-8-6-10-19(14-17)27-3/h6,8,10,14,18,20H,4-5,7,9,11-13,15-16H2,1-3H3,(H2,22,23,24). The van der Waals surface area contributed by atoms with E-state index in [-0.39, 0.29) is 0 Å². The van der Waals surface area contributed by atoms with E-state index in [0.29, 0.717) is 12.1 Å². The Morgan fingerprint density at radius 1 is 1.22 bits per heavy atom. The maximum absolute atomic E-state index is 5.44. The highest BCUT2D eigenvalue weighted by Crippen LogP contribution is 2.27. The predicted octanol–water partition coefficient (Wildman–Crippen LogP) is 2.09. The number of likely N-dealkylation sites (tertiary alicyclic amines) is 2. The molecule has 0 aliphatic carbocycles. The van der Waals surface area contributed by atoms with Crippen LogP contribution in [-0.2, 0) is 0 Å². The van der Waals surface area contributed by atoms with Gasteiger partial charge in [-0.3, -0.25) is 9.89 Å². The van der Waals surface area contributed by atoms with Crippen molar-refractivity contribution in [3.63, 3.8) is 0 Å². The van der Waals surface area contributed by atoms with Crippen LogP contribution in [0.2, 0.25) is 0 Å². The minimum absolute atomic E-state index is 0.329. The van der Waals surface area contributed by atoms with Gasteiger partial charge in [0.2, 0.25) is 0 Å². The average molecular weight is 374 g/mol. The van der Waals surface area contributed by atoms with Crippen molar-refractivity contribution in [3.05, 3.63) is 29.8 Å². The van der Waals surface area contributed by atoms with E-state index in [9.17, 15) is 0 Å². The number of ether oxygens (including phenoxy) is 1. The highest BCUT2D eigenvalue weighted by atomic mass is 16.5. The largest absolute Gasteiger partial charge is 0.497 e. The van der Waals surface area contributed by atoms with Gasteiger partial charge in [0.05, 0.1) is 13.2 Å². The molecular formula is C21H35N5O. The fourth-order valence-electron chi connectivity index (χ4n) is 4.23. The van der Waals surface area contributed by atoms with Crippen molar-refractivity contribution in [2.45, 2.75) is 37.8 Å². The summed E-state index contributed by atoms with van der Waals surface area (Å²) in [5.74, 6) is 1.81. The monoisotopic (exact) mass is 373 g/mol. The number of rotatable bonds is 7. The minimum Gasteiger partial charge on any atom is -0.497 e. The molecule has 150 valence electrons. The lowest BCUT2D eigenvalue weighted by Crippen LogP contribution is -2.46. The molecule has 0 spiro atoms. The summed E-state index contributed by atoms with van der Waals surface area (Å²) < 4.78 is 5.44. The molecule has 0 aromatic heterocycles. The number of guanidine groups is 1. The molecule has 2 aliphatic rings. The molecule has 0 radical (unpaired) electrons. The van der Waals surface area contributed by atoms with Crippen LogP contribution in [0.3, 0.4) is 0 Å². The molecule has 2 atom stereocenters. The first kappa shape index (κ1) is 20.0. The molecule has 2 aliphatic heterocycles. The highest BCUT2D eigenvalue weighted by Gasteiger charge is 2.25. The zero-order valence-corrected chi connectivity index (χ0v) is 17.1. The summed E-state index contributed by atoms with van der Waals surface area (Å²) in [4.78, 5) is 9.44. The second kappa shape index (κ2) is 9.95. The van der Waals surface area contributed by atoms with Crippen molar-refractivity contribution in [1.82, 2.24) is 20.4 Å². The Hall–Kier alpha value is -1.79. The predicted molar refractivity (Wildman–Crippen MR) is 112 cm³/mol. The van der Waals surface area contributed by atoms with Crippen LogP contribution in [-0.4, -0.2) is 75.7 Å². The number of nitrogens with one attached hydrogen (secondary N) is 2. The molecule has 1 aromatic rings. The van der Waals surface area contributed by atoms with Gasteiger partial charge in [0, 0.05) is 26.2 Å². The Bertz CT molecular complexity index is 614. The van der Waals surface area contributed by atoms with Crippen molar-refractivity contribution in [3.8, 4) is 5.75 Å². The van der Waals surface area contributed by atoms with Crippen LogP contribution < -0.4 is 15.4 Å². The first-order valence-corrected chi connectivity index (χ1v) is 10.2. The van der Waals surface area contributed by atoms with Crippen molar-refractivity contribution in [2.24, 2.45) is 4.99 Å². The quantitative estimate of drug-likeness (QED) is 0.566. The van der Waals surface area contributed by atoms with Crippen molar-refractivity contribution < 1.29 is 4.74 Å². The molecule has 6 nitrogen and oxygen atoms in total. The number of hydrogen-bond acceptors (Lipinski definition) is 4. The third-order valence-electron chi connectivity index (χ3n) is 5.92. The molecule has 0 saturated carbocycles. The molecule has 2 saturated heterocycles. The molecule has 2 fully saturated rings. The van der Waals surface area contributed by atoms with E-state index < -0.39 is 0 Å². The third kappa shape index (κ3) is 5.36. The fraction of sp³-hybridized carbons (Fsp3) is 0.667. The molecular weight excluding hydrogens is 338 g/mol. The zero-order valence-electron chi connectivity index (χ0n) is 17.1. The van der Waals surface area contributed by atoms with Crippen molar-refractivity contribution in [2.75, 3.05) is 53.9 Å². The van der Waals surface area contributed by atoms with Crippen LogP contribution in [0.1, 0.15) is 37.3 Å². The summed E-state index contributed by atoms with van der Waals surface area (Å²) in [7, 11) is 5.79. The summed E-state index contributed by atoms with van der Waals surface area (Å²) in [5, 5.41) is 7.07. The van der Waals surface area contributed by atoms with Crippen LogP contribution >= 0.6 is 0 Å². The maximum atomic E-state index is 5.44. The number of nitrogens with zero attached hydrogens (tertiary/aromatic N) is 3. The van der Waals surface area contributed by atoms with Crippen LogP contribution in [0.15, 0.2) is 29.3 Å². The van der Waals surface area contributed by atoms with E-state index >= 15 is 0 Å². The molecule has 1 aromatic carbocycles. The Kier molecular flexibility index (Phi) is 7.35. The number of benzene rings is 1. The zero-order chi connectivity index (χ0) is 19.1. The van der Waals surface area contributed by atoms with E-state index in [2.05, 4.69) is 50.7 Å². The molecule has 2 unspecified atom stereocenters. The van der Waals surface area contributed by atoms with E-state index in [1.807, 2.05) is 13.1 Å². The number of methoxy groups -OCH3 is 1. The average Bonchev–Trinajstić information content (AvgIpc) is 3.37. The van der Waals surface area contributed by atoms with Gasteiger partial charge in [-0.05, 0) is 70.1 Å². The summed E-state index contributed by atoms with van der Waals surface area (Å²) in [6.07, 6.45) is 5.12. The van der Waals surface area contributed by atoms with Crippen LogP contribution in [0.4, 0.5) is 0 Å². The summed E-state index contributed by atoms with van der Waals surface area (Å²) in [6, 6.07) is 9.40. The number of hydrogen-bond donors (Lipinski definition) is 2. The molecule has 0 amide bonds. The summed E-state index contributed by atoms with van der Waals surface area (Å²) in [5.41, 5.74) is 1.30. The Labute approximate surface area is 164 Å². The van der Waals surface area contributed by atoms with Crippen LogP contribution in [0.25, 0.3) is 0 Å². The molecule has 3 rings (SSSR count). The molecule has 27 heavy (non-hydrogen) atoms. The number of likely N-dealkylation sites (N-methyl/N-ethyl adjacent to an activating group) is 1. The normalized spacial score (nSPS) is 22.8. The molecule has 0 bridgehead atoms. The fourth-order valence-corrected chi connectivity index (χ4v) is 4.23. The summed E-state index contributed by atoms with van der Waals surface area (Å²) >= 11 is 0. The Balaban J connectivity index is 1.60. The smallest absolute Gasteiger partial charge is 0.191 e. The Morgan fingerprint density at radius 3 is 2.70 bits per heavy atom. The molecule has 6 heteroatoms. The van der Waals surface area contributed by atoms with Gasteiger partial charge in [0.15, 0.2) is 5.96 Å². The second-order valence-corrected chi connectivity index (χ2v) is 7.65. The van der Waals surface area contributed by atoms with Crippen LogP contribution in [0, 0.1) is 0 Å². The number of aliphatic imine (C=N–C) groups is 1. The lowest BCUT2D eigenvalue weighted by atomic mass is 10.1. The summed E-state index contributed by atoms with van der Waals surface area (Å²) in [6.45, 7) is 5.30. The minimum atomic E-state index is 0.329. The van der Waals surface area contributed by atoms with Crippen molar-refractivity contribution >= 4 is 5.96 Å². The first-order valence-electron chi connectivity index (χ1n) is 10.2. The van der Waals surface area contributed by atoms with Crippen molar-refractivity contribution in [1.29, 1.82) is 0 Å². The second-order valence-electron chi connectivity index (χ2n) is 7.65. The van der Waals surface area contributed by atoms with E-state index in [4.69, 9.17) is 4.74 Å². The Morgan fingerprint density at radius 2 is 2.04 bits per heavy atom. The lowest BCUT2D eigenvalue weighted by Gasteiger charge is -2.29. The maximum Gasteiger partial charge on any atom is 0.191 e. The molecule has 2 N–H and O–H groups in total. The third-order valence-corrected chi connectivity index (χ3v) is 5.92. The van der Waals surface area contributed by atoms with Gasteiger partial charge in [-0.1, -0.05) is 12.1 Å². The first-order chi connectivity index (χ1) is 13.2. The van der Waals surface area contributed by atoms with E-state index in [1.165, 1.54) is 37.8 Å². The van der Waals surface area contributed by atoms with E-state index in [1.54, 1.807) is 7.11 Å². The van der Waals surface area contributed by atoms with Gasteiger partial charge < -0.3 is 20.3 Å². The SMILES string of the molecule is CN=C(NCC1CCCN1C)NCC(c1cccc(OC)c1)N1CCCC1. The van der Waals surface area contributed by atoms with Gasteiger partial charge >= 0.3 is 0 Å². The van der Waals surface area contributed by atoms with E-state index in [0.717, 1.165) is 37.9 Å². The van der Waals surface area contributed by atoms with Gasteiger partial charge in [0.25, 0.3) is 0 Å². The highest BCUT2D eigenvalue weighted by molar-refractivity contribution is 5.79. The van der Waals surface area contributed by atoms with Gasteiger partial charge in [-0.2, -0.15) is 0 Å². The topological polar surface area (TPSA) is 52.1 Å². The van der Waals surface area contributed by atoms with Gasteiger partial charge in [0.1, 0.15) is 5.75 Å². The van der Waals surface area contributed by atoms with Crippen LogP contribution in [0.5, 0.6) is 5.75 Å². The lowest BCUT2D eigenvalue weighted by molar-refractivity contribution is 0.244. The van der Waals surface area contributed by atoms with Gasteiger partial charge in [-0.25, -0.2) is 0 Å². The van der Waals surface area contributed by atoms with Gasteiger partial charge in [-0.15, -0.1) is 0 Å². The molecule has 2 heterocycles.